The Morgan fingerprint density at radius 1 is 0.636 bits per heavy atom. The summed E-state index contributed by atoms with van der Waals surface area (Å²) < 4.78 is 0. The molecule has 2 aliphatic carbocycles. The quantitative estimate of drug-likeness (QED) is 0.392. The van der Waals surface area contributed by atoms with Gasteiger partial charge in [-0.05, 0) is 48.3 Å². The molecule has 1 saturated heterocycles. The molecule has 2 bridgehead atoms. The number of aryl methyl sites for hydroxylation is 2. The highest BCUT2D eigenvalue weighted by Gasteiger charge is 2.62. The maximum Gasteiger partial charge on any atom is 0.238 e. The number of nitrogens with zero attached hydrogens (tertiary/aromatic N) is 1. The van der Waals surface area contributed by atoms with Gasteiger partial charge in [0, 0.05) is 11.8 Å². The van der Waals surface area contributed by atoms with Crippen LogP contribution in [-0.2, 0) is 9.59 Å². The van der Waals surface area contributed by atoms with Crippen molar-refractivity contribution in [1.29, 1.82) is 0 Å². The zero-order valence-electron chi connectivity index (χ0n) is 18.7. The molecule has 0 unspecified atom stereocenters. The van der Waals surface area contributed by atoms with E-state index in [2.05, 4.69) is 74.5 Å². The highest BCUT2D eigenvalue weighted by molar-refractivity contribution is 6.23. The van der Waals surface area contributed by atoms with E-state index in [-0.39, 0.29) is 35.5 Å². The van der Waals surface area contributed by atoms with Crippen LogP contribution in [0.3, 0.4) is 0 Å². The fraction of sp³-hybridized carbons (Fsp3) is 0.200. The molecule has 3 heteroatoms. The Balaban J connectivity index is 1.50. The normalized spacial score (nSPS) is 25.2. The van der Waals surface area contributed by atoms with E-state index in [9.17, 15) is 9.59 Å². The maximum atomic E-state index is 13.6. The van der Waals surface area contributed by atoms with Gasteiger partial charge in [-0.3, -0.25) is 9.59 Å². The zero-order chi connectivity index (χ0) is 22.7. The Morgan fingerprint density at radius 2 is 1.09 bits per heavy atom. The van der Waals surface area contributed by atoms with Gasteiger partial charge in [-0.2, -0.15) is 0 Å². The number of para-hydroxylation sites is 1. The van der Waals surface area contributed by atoms with Gasteiger partial charge in [0.25, 0.3) is 0 Å². The fourth-order valence-corrected chi connectivity index (χ4v) is 5.87. The molecule has 3 nitrogen and oxygen atoms in total. The van der Waals surface area contributed by atoms with Crippen molar-refractivity contribution in [2.45, 2.75) is 13.8 Å². The molecule has 1 aliphatic heterocycles. The number of hydrogen-bond acceptors (Lipinski definition) is 2. The predicted octanol–water partition coefficient (Wildman–Crippen LogP) is 5.73. The van der Waals surface area contributed by atoms with Gasteiger partial charge in [0.05, 0.1) is 17.5 Å². The molecule has 1 heterocycles. The first kappa shape index (κ1) is 19.9. The molecule has 2 amide bonds. The minimum absolute atomic E-state index is 0.0530. The Hall–Kier alpha value is -3.72. The second kappa shape index (κ2) is 7.41. The number of fused-ring (bicyclic) bond motifs is 5. The van der Waals surface area contributed by atoms with Crippen molar-refractivity contribution >= 4 is 23.1 Å². The van der Waals surface area contributed by atoms with Crippen molar-refractivity contribution < 1.29 is 9.59 Å². The van der Waals surface area contributed by atoms with E-state index in [1.165, 1.54) is 21.6 Å². The summed E-state index contributed by atoms with van der Waals surface area (Å²) in [5.41, 5.74) is 7.74. The largest absolute Gasteiger partial charge is 0.274 e. The van der Waals surface area contributed by atoms with Crippen LogP contribution in [0.1, 0.15) is 22.3 Å². The van der Waals surface area contributed by atoms with Crippen LogP contribution < -0.4 is 4.90 Å². The molecule has 0 N–H and O–H groups in total. The standard InChI is InChI=1S/C30H25NO2/c1-18-8-12-20(13-9-18)25(21-14-10-19(2)11-15-21)26-23-16-17-24(26)28-27(23)29(32)31(30(28)33)22-6-4-3-5-7-22/h3-17,23-24,27-28H,1-2H3/t23-,24-,27+,28+/m1/s1. The van der Waals surface area contributed by atoms with E-state index < -0.39 is 0 Å². The molecule has 162 valence electrons. The van der Waals surface area contributed by atoms with Crippen LogP contribution >= 0.6 is 0 Å². The van der Waals surface area contributed by atoms with E-state index >= 15 is 0 Å². The molecular weight excluding hydrogens is 406 g/mol. The fourth-order valence-electron chi connectivity index (χ4n) is 5.87. The number of hydrogen-bond donors (Lipinski definition) is 0. The maximum absolute atomic E-state index is 13.6. The minimum atomic E-state index is -0.325. The Kier molecular flexibility index (Phi) is 4.48. The zero-order valence-corrected chi connectivity index (χ0v) is 18.7. The molecule has 4 atom stereocenters. The molecular formula is C30H25NO2. The van der Waals surface area contributed by atoms with Gasteiger partial charge >= 0.3 is 0 Å². The van der Waals surface area contributed by atoms with Gasteiger partial charge in [0.15, 0.2) is 0 Å². The minimum Gasteiger partial charge on any atom is -0.274 e. The summed E-state index contributed by atoms with van der Waals surface area (Å²) in [5.74, 6) is -0.900. The van der Waals surface area contributed by atoms with Crippen molar-refractivity contribution in [2.24, 2.45) is 23.7 Å². The number of imide groups is 1. The van der Waals surface area contributed by atoms with E-state index in [1.807, 2.05) is 30.3 Å². The van der Waals surface area contributed by atoms with Crippen molar-refractivity contribution in [3.05, 3.63) is 119 Å². The monoisotopic (exact) mass is 431 g/mol. The summed E-state index contributed by atoms with van der Waals surface area (Å²) >= 11 is 0. The Morgan fingerprint density at radius 3 is 1.55 bits per heavy atom. The second-order valence-electron chi connectivity index (χ2n) is 9.40. The van der Waals surface area contributed by atoms with Gasteiger partial charge in [-0.1, -0.05) is 90.0 Å². The first-order chi connectivity index (χ1) is 16.0. The van der Waals surface area contributed by atoms with Crippen LogP contribution in [0.4, 0.5) is 5.69 Å². The molecule has 3 aromatic rings. The number of amides is 2. The molecule has 33 heavy (non-hydrogen) atoms. The summed E-state index contributed by atoms with van der Waals surface area (Å²) in [5, 5.41) is 0. The van der Waals surface area contributed by atoms with Crippen LogP contribution in [-0.4, -0.2) is 11.8 Å². The molecule has 3 aliphatic rings. The lowest BCUT2D eigenvalue weighted by Crippen LogP contribution is -2.33. The number of carbonyl (C=O) groups excluding carboxylic acids is 2. The van der Waals surface area contributed by atoms with Crippen LogP contribution in [0.5, 0.6) is 0 Å². The average molecular weight is 432 g/mol. The lowest BCUT2D eigenvalue weighted by Gasteiger charge is -2.21. The summed E-state index contributed by atoms with van der Waals surface area (Å²) in [6.45, 7) is 4.17. The number of benzene rings is 3. The van der Waals surface area contributed by atoms with Crippen LogP contribution in [0.2, 0.25) is 0 Å². The Labute approximate surface area is 194 Å². The molecule has 6 rings (SSSR count). The molecule has 3 aromatic carbocycles. The van der Waals surface area contributed by atoms with Gasteiger partial charge in [-0.15, -0.1) is 0 Å². The van der Waals surface area contributed by atoms with Gasteiger partial charge in [0.2, 0.25) is 11.8 Å². The van der Waals surface area contributed by atoms with Gasteiger partial charge in [0.1, 0.15) is 0 Å². The molecule has 0 radical (unpaired) electrons. The first-order valence-electron chi connectivity index (χ1n) is 11.5. The van der Waals surface area contributed by atoms with Crippen molar-refractivity contribution in [1.82, 2.24) is 0 Å². The lowest BCUT2D eigenvalue weighted by atomic mass is 9.85. The first-order valence-corrected chi connectivity index (χ1v) is 11.5. The molecule has 0 aromatic heterocycles. The van der Waals surface area contributed by atoms with Crippen LogP contribution in [0.15, 0.2) is 96.6 Å². The van der Waals surface area contributed by atoms with E-state index in [1.54, 1.807) is 0 Å². The third-order valence-electron chi connectivity index (χ3n) is 7.40. The SMILES string of the molecule is Cc1ccc(C(=C2[C@H]3C=C[C@H]2[C@@H]2C(=O)N(c4ccccc4)C(=O)[C@H]23)c2ccc(C)cc2)cc1. The van der Waals surface area contributed by atoms with Crippen LogP contribution in [0, 0.1) is 37.5 Å². The topological polar surface area (TPSA) is 37.4 Å². The summed E-state index contributed by atoms with van der Waals surface area (Å²) in [4.78, 5) is 28.5. The third-order valence-corrected chi connectivity index (χ3v) is 7.40. The average Bonchev–Trinajstić information content (AvgIpc) is 3.46. The van der Waals surface area contributed by atoms with Crippen LogP contribution in [0.25, 0.3) is 5.57 Å². The highest BCUT2D eigenvalue weighted by Crippen LogP contribution is 2.58. The van der Waals surface area contributed by atoms with Crippen molar-refractivity contribution in [2.75, 3.05) is 4.90 Å². The summed E-state index contributed by atoms with van der Waals surface area (Å²) in [7, 11) is 0. The van der Waals surface area contributed by atoms with Crippen molar-refractivity contribution in [3.63, 3.8) is 0 Å². The highest BCUT2D eigenvalue weighted by atomic mass is 16.2. The summed E-state index contributed by atoms with van der Waals surface area (Å²) in [6, 6.07) is 26.5. The molecule has 1 saturated carbocycles. The number of rotatable bonds is 3. The van der Waals surface area contributed by atoms with Gasteiger partial charge < -0.3 is 0 Å². The second-order valence-corrected chi connectivity index (χ2v) is 9.40. The molecule has 2 fully saturated rings. The Bertz CT molecular complexity index is 1230. The lowest BCUT2D eigenvalue weighted by molar-refractivity contribution is -0.122. The van der Waals surface area contributed by atoms with Crippen molar-refractivity contribution in [3.8, 4) is 0 Å². The van der Waals surface area contributed by atoms with E-state index in [0.717, 1.165) is 16.7 Å². The van der Waals surface area contributed by atoms with E-state index in [4.69, 9.17) is 0 Å². The predicted molar refractivity (Wildman–Crippen MR) is 130 cm³/mol. The summed E-state index contributed by atoms with van der Waals surface area (Å²) in [6.07, 6.45) is 4.31. The number of anilines is 1. The third kappa shape index (κ3) is 2.96. The van der Waals surface area contributed by atoms with Gasteiger partial charge in [-0.25, -0.2) is 4.90 Å². The molecule has 0 spiro atoms. The number of allylic oxidation sites excluding steroid dienone is 3. The number of carbonyl (C=O) groups is 2. The smallest absolute Gasteiger partial charge is 0.238 e. The van der Waals surface area contributed by atoms with E-state index in [0.29, 0.717) is 5.69 Å².